The van der Waals surface area contributed by atoms with Crippen LogP contribution in [-0.4, -0.2) is 191 Å². The van der Waals surface area contributed by atoms with Gasteiger partial charge in [-0.2, -0.15) is 0 Å². The standard InChI is InChI=1S/C48H82O18/c1-21(2)11-10-14-48(9,66-43-39(60)35(56)32(53)26(19-49)64-43)23-12-16-46(7)30(23)24(50)17-28-45(6)15-13-29(51)44(4,5)40(45)25(18-47(28,46)8)63-42-38(59)36(57)33(54)27(65-42)20-61-41-37(58)34(55)31(52)22(3)62-41/h11,22-43,49-60H,10,12-20H2,1-9H3. The van der Waals surface area contributed by atoms with Gasteiger partial charge in [0.1, 0.15) is 67.1 Å². The molecule has 7 aliphatic rings. The molecule has 4 aliphatic carbocycles. The van der Waals surface area contributed by atoms with Crippen LogP contribution in [0.15, 0.2) is 11.6 Å². The molecule has 0 spiro atoms. The zero-order chi connectivity index (χ0) is 48.8. The van der Waals surface area contributed by atoms with Crippen molar-refractivity contribution in [2.45, 2.75) is 230 Å². The summed E-state index contributed by atoms with van der Waals surface area (Å²) in [6, 6.07) is 0. The van der Waals surface area contributed by atoms with E-state index < -0.39 is 151 Å². The van der Waals surface area contributed by atoms with Crippen LogP contribution in [0.3, 0.4) is 0 Å². The summed E-state index contributed by atoms with van der Waals surface area (Å²) in [4.78, 5) is 0. The summed E-state index contributed by atoms with van der Waals surface area (Å²) in [6.07, 6.45) is -17.8. The van der Waals surface area contributed by atoms with Crippen LogP contribution >= 0.6 is 0 Å². The molecule has 0 amide bonds. The second kappa shape index (κ2) is 19.2. The molecule has 0 aromatic rings. The van der Waals surface area contributed by atoms with Crippen molar-refractivity contribution in [1.29, 1.82) is 0 Å². The summed E-state index contributed by atoms with van der Waals surface area (Å²) in [5, 5.41) is 132. The number of ether oxygens (including phenoxy) is 6. The van der Waals surface area contributed by atoms with Gasteiger partial charge in [0, 0.05) is 0 Å². The predicted octanol–water partition coefficient (Wildman–Crippen LogP) is -0.0284. The molecule has 3 saturated heterocycles. The molecule has 0 radical (unpaired) electrons. The highest BCUT2D eigenvalue weighted by Gasteiger charge is 2.74. The highest BCUT2D eigenvalue weighted by molar-refractivity contribution is 5.22. The summed E-state index contributed by atoms with van der Waals surface area (Å²) >= 11 is 0. The summed E-state index contributed by atoms with van der Waals surface area (Å²) in [5.74, 6) is -1.04. The molecule has 0 aromatic heterocycles. The molecular formula is C48H82O18. The first kappa shape index (κ1) is 52.8. The fraction of sp³-hybridized carbons (Fsp3) is 0.958. The first-order chi connectivity index (χ1) is 30.7. The van der Waals surface area contributed by atoms with Crippen molar-refractivity contribution >= 4 is 0 Å². The zero-order valence-corrected chi connectivity index (χ0v) is 40.2. The minimum Gasteiger partial charge on any atom is -0.394 e. The van der Waals surface area contributed by atoms with Crippen LogP contribution in [0.1, 0.15) is 114 Å². The van der Waals surface area contributed by atoms with Crippen molar-refractivity contribution in [2.24, 2.45) is 45.3 Å². The van der Waals surface area contributed by atoms with E-state index in [0.717, 1.165) is 5.57 Å². The molecule has 18 nitrogen and oxygen atoms in total. The van der Waals surface area contributed by atoms with E-state index in [-0.39, 0.29) is 23.7 Å². The van der Waals surface area contributed by atoms with E-state index in [1.54, 1.807) is 0 Å². The van der Waals surface area contributed by atoms with Crippen LogP contribution in [0.2, 0.25) is 0 Å². The van der Waals surface area contributed by atoms with Gasteiger partial charge in [-0.05, 0) is 124 Å². The molecule has 26 atom stereocenters. The van der Waals surface area contributed by atoms with E-state index in [1.165, 1.54) is 6.92 Å². The van der Waals surface area contributed by atoms with Crippen LogP contribution in [-0.2, 0) is 28.4 Å². The van der Waals surface area contributed by atoms with Gasteiger partial charge in [-0.3, -0.25) is 0 Å². The summed E-state index contributed by atoms with van der Waals surface area (Å²) in [5.41, 5.74) is -2.31. The molecule has 18 heteroatoms. The fourth-order valence-electron chi connectivity index (χ4n) is 14.8. The average Bonchev–Trinajstić information content (AvgIpc) is 3.64. The molecule has 0 aromatic carbocycles. The number of aliphatic hydroxyl groups is 12. The lowest BCUT2D eigenvalue weighted by molar-refractivity contribution is -0.356. The average molecular weight is 947 g/mol. The molecule has 382 valence electrons. The van der Waals surface area contributed by atoms with Gasteiger partial charge in [0.25, 0.3) is 0 Å². The summed E-state index contributed by atoms with van der Waals surface area (Å²) in [7, 11) is 0. The molecule has 66 heavy (non-hydrogen) atoms. The Morgan fingerprint density at radius 3 is 1.92 bits per heavy atom. The Labute approximate surface area is 388 Å². The van der Waals surface area contributed by atoms with E-state index in [1.807, 2.05) is 34.6 Å². The van der Waals surface area contributed by atoms with Crippen LogP contribution in [0.5, 0.6) is 0 Å². The summed E-state index contributed by atoms with van der Waals surface area (Å²) < 4.78 is 37.3. The van der Waals surface area contributed by atoms with Crippen LogP contribution in [0, 0.1) is 45.3 Å². The lowest BCUT2D eigenvalue weighted by Gasteiger charge is -2.72. The number of allylic oxidation sites excluding steroid dienone is 2. The van der Waals surface area contributed by atoms with Crippen molar-refractivity contribution in [2.75, 3.05) is 13.2 Å². The topological polar surface area (TPSA) is 298 Å². The highest BCUT2D eigenvalue weighted by Crippen LogP contribution is 2.76. The lowest BCUT2D eigenvalue weighted by Crippen LogP contribution is -2.71. The Kier molecular flexibility index (Phi) is 15.4. The van der Waals surface area contributed by atoms with Gasteiger partial charge < -0.3 is 89.7 Å². The molecule has 3 aliphatic heterocycles. The van der Waals surface area contributed by atoms with Crippen molar-refractivity contribution in [3.8, 4) is 0 Å². The normalized spacial score (nSPS) is 53.5. The Hall–Kier alpha value is -0.980. The van der Waals surface area contributed by atoms with Crippen molar-refractivity contribution in [3.05, 3.63) is 11.6 Å². The van der Waals surface area contributed by atoms with Gasteiger partial charge >= 0.3 is 0 Å². The Morgan fingerprint density at radius 2 is 1.29 bits per heavy atom. The quantitative estimate of drug-likeness (QED) is 0.0904. The minimum absolute atomic E-state index is 0.0659. The van der Waals surface area contributed by atoms with Gasteiger partial charge in [0.2, 0.25) is 0 Å². The smallest absolute Gasteiger partial charge is 0.187 e. The molecule has 7 fully saturated rings. The van der Waals surface area contributed by atoms with E-state index in [0.29, 0.717) is 51.4 Å². The van der Waals surface area contributed by atoms with Gasteiger partial charge in [-0.15, -0.1) is 0 Å². The number of aliphatic hydroxyl groups excluding tert-OH is 12. The second-order valence-electron chi connectivity index (χ2n) is 23.1. The third kappa shape index (κ3) is 8.79. The Bertz CT molecular complexity index is 1700. The number of fused-ring (bicyclic) bond motifs is 5. The Morgan fingerprint density at radius 1 is 0.697 bits per heavy atom. The Balaban J connectivity index is 1.21. The first-order valence-electron chi connectivity index (χ1n) is 24.3. The van der Waals surface area contributed by atoms with E-state index in [9.17, 15) is 61.3 Å². The fourth-order valence-corrected chi connectivity index (χ4v) is 14.8. The van der Waals surface area contributed by atoms with Gasteiger partial charge in [-0.1, -0.05) is 46.3 Å². The lowest BCUT2D eigenvalue weighted by atomic mass is 9.34. The predicted molar refractivity (Wildman–Crippen MR) is 234 cm³/mol. The third-order valence-corrected chi connectivity index (χ3v) is 18.7. The molecule has 12 N–H and O–H groups in total. The molecule has 4 saturated carbocycles. The van der Waals surface area contributed by atoms with Crippen LogP contribution < -0.4 is 0 Å². The maximum Gasteiger partial charge on any atom is 0.187 e. The van der Waals surface area contributed by atoms with Gasteiger partial charge in [0.05, 0.1) is 43.2 Å². The number of hydrogen-bond donors (Lipinski definition) is 12. The minimum atomic E-state index is -1.74. The molecule has 26 unspecified atom stereocenters. The van der Waals surface area contributed by atoms with Crippen molar-refractivity contribution in [3.63, 3.8) is 0 Å². The monoisotopic (exact) mass is 947 g/mol. The molecular weight excluding hydrogens is 865 g/mol. The van der Waals surface area contributed by atoms with E-state index in [2.05, 4.69) is 26.8 Å². The SMILES string of the molecule is CC(C)=CCCC(C)(OC1OC(CO)C(O)C(O)C1O)C1CCC2(C)C1C(O)CC1C3(C)CCC(O)C(C)(C)C3C(OC3OC(COC4OC(C)C(O)C(O)C4O)C(O)C(O)C3O)CC12C. The van der Waals surface area contributed by atoms with E-state index >= 15 is 0 Å². The van der Waals surface area contributed by atoms with E-state index in [4.69, 9.17) is 28.4 Å². The number of hydrogen-bond acceptors (Lipinski definition) is 18. The van der Waals surface area contributed by atoms with Crippen molar-refractivity contribution in [1.82, 2.24) is 0 Å². The molecule has 0 bridgehead atoms. The molecule has 7 rings (SSSR count). The van der Waals surface area contributed by atoms with Gasteiger partial charge in [0.15, 0.2) is 18.9 Å². The number of rotatable bonds is 12. The highest BCUT2D eigenvalue weighted by atomic mass is 16.7. The third-order valence-electron chi connectivity index (χ3n) is 18.7. The zero-order valence-electron chi connectivity index (χ0n) is 40.2. The second-order valence-corrected chi connectivity index (χ2v) is 23.1. The molecule has 3 heterocycles. The van der Waals surface area contributed by atoms with Crippen molar-refractivity contribution < 1.29 is 89.7 Å². The van der Waals surface area contributed by atoms with Crippen LogP contribution in [0.25, 0.3) is 0 Å². The summed E-state index contributed by atoms with van der Waals surface area (Å²) in [6.45, 7) is 17.1. The van der Waals surface area contributed by atoms with Crippen LogP contribution in [0.4, 0.5) is 0 Å². The maximum absolute atomic E-state index is 12.7. The first-order valence-corrected chi connectivity index (χ1v) is 24.3. The largest absolute Gasteiger partial charge is 0.394 e. The maximum atomic E-state index is 12.7. The van der Waals surface area contributed by atoms with Gasteiger partial charge in [-0.25, -0.2) is 0 Å².